The summed E-state index contributed by atoms with van der Waals surface area (Å²) in [6.07, 6.45) is 3.12. The molecule has 0 atom stereocenters. The summed E-state index contributed by atoms with van der Waals surface area (Å²) >= 11 is 1.51. The minimum absolute atomic E-state index is 0.174. The van der Waals surface area contributed by atoms with Crippen LogP contribution in [0, 0.1) is 6.92 Å². The SMILES string of the molecule is Cc1cc(-n2n3c4ccc5cc(S(=O)(=O)O)ccc5c4n23)ccc1N=Nc1ccc(C=Cc2ccc(-n3n4c5cc(SOOO)c6ccccc6c5n34)cc2S(=O)(=O)O)c(SOOO)c1. The predicted molar refractivity (Wildman–Crippen MR) is 238 cm³/mol. The highest BCUT2D eigenvalue weighted by Gasteiger charge is 2.29. The van der Waals surface area contributed by atoms with Crippen LogP contribution in [0.2, 0.25) is 0 Å². The first kappa shape index (κ1) is 41.2. The predicted octanol–water partition coefficient (Wildman–Crippen LogP) is 9.71. The zero-order chi connectivity index (χ0) is 44.9. The van der Waals surface area contributed by atoms with Gasteiger partial charge >= 0.3 is 0 Å². The number of hydrogen-bond donors (Lipinski definition) is 4. The summed E-state index contributed by atoms with van der Waals surface area (Å²) in [7, 11) is -9.05. The van der Waals surface area contributed by atoms with Crippen LogP contribution in [0.4, 0.5) is 11.4 Å². The van der Waals surface area contributed by atoms with E-state index in [2.05, 4.69) is 20.3 Å². The van der Waals surface area contributed by atoms with E-state index in [-0.39, 0.29) is 15.4 Å². The zero-order valence-electron chi connectivity index (χ0n) is 32.9. The van der Waals surface area contributed by atoms with E-state index in [9.17, 15) is 25.9 Å². The molecule has 11 aromatic rings. The number of aromatic nitrogens is 6. The molecule has 65 heavy (non-hydrogen) atoms. The molecular weight excluding hydrogens is 925 g/mol. The average molecular weight is 953 g/mol. The number of hydrogen-bond acceptors (Lipinski definition) is 14. The second-order valence-corrected chi connectivity index (χ2v) is 19.0. The van der Waals surface area contributed by atoms with Crippen molar-refractivity contribution in [2.45, 2.75) is 26.5 Å². The van der Waals surface area contributed by atoms with Gasteiger partial charge in [0.2, 0.25) is 0 Å². The van der Waals surface area contributed by atoms with Gasteiger partial charge in [0.15, 0.2) is 0 Å². The van der Waals surface area contributed by atoms with Crippen molar-refractivity contribution in [2.75, 3.05) is 0 Å². The minimum Gasteiger partial charge on any atom is -0.282 e. The Hall–Kier alpha value is -6.52. The van der Waals surface area contributed by atoms with Crippen LogP contribution >= 0.6 is 24.1 Å². The summed E-state index contributed by atoms with van der Waals surface area (Å²) in [4.78, 5) is 4.27. The summed E-state index contributed by atoms with van der Waals surface area (Å²) in [6, 6.07) is 32.9. The lowest BCUT2D eigenvalue weighted by Gasteiger charge is -2.08. The van der Waals surface area contributed by atoms with Gasteiger partial charge in [-0.2, -0.15) is 36.7 Å². The molecule has 0 aliphatic heterocycles. The van der Waals surface area contributed by atoms with E-state index in [1.807, 2.05) is 80.2 Å². The van der Waals surface area contributed by atoms with Crippen molar-refractivity contribution in [2.24, 2.45) is 10.2 Å². The van der Waals surface area contributed by atoms with Gasteiger partial charge < -0.3 is 0 Å². The Bertz CT molecular complexity index is 3970. The molecule has 0 unspecified atom stereocenters. The average Bonchev–Trinajstić information content (AvgIpc) is 4.15. The molecule has 4 heterocycles. The first-order valence-corrected chi connectivity index (χ1v) is 23.4. The van der Waals surface area contributed by atoms with Crippen LogP contribution in [0.25, 0.3) is 67.1 Å². The quantitative estimate of drug-likeness (QED) is 0.0198. The first-order chi connectivity index (χ1) is 31.3. The van der Waals surface area contributed by atoms with E-state index in [4.69, 9.17) is 19.2 Å². The second kappa shape index (κ2) is 15.3. The second-order valence-electron chi connectivity index (χ2n) is 14.7. The maximum Gasteiger partial charge on any atom is 0.295 e. The molecule has 0 saturated heterocycles. The third-order valence-electron chi connectivity index (χ3n) is 11.0. The molecule has 11 rings (SSSR count). The van der Waals surface area contributed by atoms with Crippen molar-refractivity contribution in [1.29, 1.82) is 0 Å². The highest BCUT2D eigenvalue weighted by Crippen LogP contribution is 2.40. The maximum atomic E-state index is 12.8. The molecule has 0 radical (unpaired) electrons. The Morgan fingerprint density at radius 3 is 1.97 bits per heavy atom. The van der Waals surface area contributed by atoms with Gasteiger partial charge in [-0.05, 0) is 95.7 Å². The molecule has 0 aliphatic carbocycles. The highest BCUT2D eigenvalue weighted by molar-refractivity contribution is 7.95. The van der Waals surface area contributed by atoms with Gasteiger partial charge in [-0.25, -0.2) is 10.5 Å². The Labute approximate surface area is 373 Å². The summed E-state index contributed by atoms with van der Waals surface area (Å²) in [5.41, 5.74) is 7.36. The molecule has 0 aliphatic rings. The maximum absolute atomic E-state index is 12.8. The lowest BCUT2D eigenvalue weighted by Crippen LogP contribution is -2.02. The van der Waals surface area contributed by atoms with Crippen LogP contribution in [0.15, 0.2) is 145 Å². The zero-order valence-corrected chi connectivity index (χ0v) is 36.2. The van der Waals surface area contributed by atoms with Gasteiger partial charge in [-0.1, -0.05) is 70.8 Å². The van der Waals surface area contributed by atoms with Crippen molar-refractivity contribution < 1.29 is 55.2 Å². The fourth-order valence-corrected chi connectivity index (χ4v) is 10.3. The Kier molecular flexibility index (Phi) is 9.70. The van der Waals surface area contributed by atoms with E-state index < -0.39 is 20.2 Å². The highest BCUT2D eigenvalue weighted by atomic mass is 32.2. The molecule has 328 valence electrons. The van der Waals surface area contributed by atoms with Gasteiger partial charge in [0.05, 0.1) is 51.7 Å². The summed E-state index contributed by atoms with van der Waals surface area (Å²) < 4.78 is 85.7. The summed E-state index contributed by atoms with van der Waals surface area (Å²) in [6.45, 7) is 1.90. The monoisotopic (exact) mass is 952 g/mol. The standard InChI is InChI=1S/C41H28N8O12S4/c1-23-18-28(44-46-35-17-10-26-19-30(64(52,53)54)14-15-31(26)40(35)48(44)46)13-16-34(23)43-42-27-11-8-24(37(20-27)62-60-58-50)6-7-25-9-12-29(21-39(25)65(55,56)57)45-47-36-22-38(63-61-59-51)32-4-2-3-5-33(32)41(36)49(45)47/h2-22,50-51H,1H3,(H,52,53,54)(H,55,56,57). The smallest absolute Gasteiger partial charge is 0.282 e. The van der Waals surface area contributed by atoms with Crippen LogP contribution < -0.4 is 0 Å². The van der Waals surface area contributed by atoms with Gasteiger partial charge in [-0.15, -0.1) is 27.2 Å². The van der Waals surface area contributed by atoms with Crippen molar-refractivity contribution in [3.05, 3.63) is 132 Å². The number of aryl methyl sites for hydroxylation is 1. The molecule has 20 nitrogen and oxygen atoms in total. The fourth-order valence-electron chi connectivity index (χ4n) is 8.02. The Morgan fingerprint density at radius 2 is 1.25 bits per heavy atom. The van der Waals surface area contributed by atoms with E-state index in [1.54, 1.807) is 58.0 Å². The molecule has 0 saturated carbocycles. The molecule has 0 fully saturated rings. The van der Waals surface area contributed by atoms with E-state index in [0.29, 0.717) is 49.8 Å². The largest absolute Gasteiger partial charge is 0.295 e. The Morgan fingerprint density at radius 1 is 0.585 bits per heavy atom. The molecule has 0 bridgehead atoms. The van der Waals surface area contributed by atoms with Crippen LogP contribution in [0.5, 0.6) is 0 Å². The van der Waals surface area contributed by atoms with Crippen molar-refractivity contribution in [3.8, 4) is 11.4 Å². The molecule has 0 spiro atoms. The topological polar surface area (TPSA) is 238 Å². The lowest BCUT2D eigenvalue weighted by molar-refractivity contribution is -0.432. The Balaban J connectivity index is 0.851. The van der Waals surface area contributed by atoms with Crippen molar-refractivity contribution in [1.82, 2.24) is 28.1 Å². The molecule has 24 heteroatoms. The molecular formula is C41H28N8O12S4. The van der Waals surface area contributed by atoms with E-state index in [1.165, 1.54) is 24.3 Å². The fraction of sp³-hybridized carbons (Fsp3) is 0.0244. The van der Waals surface area contributed by atoms with Crippen LogP contribution in [-0.2, 0) is 39.0 Å². The molecule has 0 amide bonds. The number of benzene rings is 7. The summed E-state index contributed by atoms with van der Waals surface area (Å²) in [5, 5.41) is 37.4. The molecule has 4 aromatic heterocycles. The van der Waals surface area contributed by atoms with Crippen molar-refractivity contribution >= 4 is 111 Å². The van der Waals surface area contributed by atoms with Crippen LogP contribution in [0.1, 0.15) is 16.7 Å². The van der Waals surface area contributed by atoms with Gasteiger partial charge in [-0.3, -0.25) is 9.11 Å². The normalized spacial score (nSPS) is 13.2. The van der Waals surface area contributed by atoms with Gasteiger partial charge in [0.1, 0.15) is 27.0 Å². The third kappa shape index (κ3) is 6.96. The summed E-state index contributed by atoms with van der Waals surface area (Å²) in [5.74, 6) is 0. The van der Waals surface area contributed by atoms with Gasteiger partial charge in [0, 0.05) is 25.9 Å². The van der Waals surface area contributed by atoms with E-state index >= 15 is 0 Å². The van der Waals surface area contributed by atoms with Crippen LogP contribution in [-0.4, -0.2) is 64.6 Å². The number of rotatable bonds is 14. The number of azo groups is 1. The molecule has 7 aromatic carbocycles. The van der Waals surface area contributed by atoms with Crippen molar-refractivity contribution in [3.63, 3.8) is 0 Å². The van der Waals surface area contributed by atoms with Crippen LogP contribution in [0.3, 0.4) is 0 Å². The number of nitrogens with zero attached hydrogens (tertiary/aromatic N) is 8. The minimum atomic E-state index is -4.71. The van der Waals surface area contributed by atoms with E-state index in [0.717, 1.165) is 61.5 Å². The third-order valence-corrected chi connectivity index (χ3v) is 14.0. The first-order valence-electron chi connectivity index (χ1n) is 19.0. The lowest BCUT2D eigenvalue weighted by atomic mass is 10.1. The van der Waals surface area contributed by atoms with Gasteiger partial charge in [0.25, 0.3) is 20.2 Å². The molecule has 4 N–H and O–H groups in total. The number of fused-ring (bicyclic) bond motifs is 12.